The van der Waals surface area contributed by atoms with Crippen LogP contribution in [-0.4, -0.2) is 11.5 Å². The van der Waals surface area contributed by atoms with Crippen molar-refractivity contribution in [1.29, 1.82) is 0 Å². The van der Waals surface area contributed by atoms with Crippen LogP contribution in [0.15, 0.2) is 235 Å². The molecule has 0 amide bonds. The Kier molecular flexibility index (Phi) is 11.3. The summed E-state index contributed by atoms with van der Waals surface area (Å²) in [6, 6.07) is 77.9. The number of anilines is 3. The van der Waals surface area contributed by atoms with Gasteiger partial charge in [0, 0.05) is 28.3 Å². The minimum absolute atomic E-state index is 0.640. The molecule has 0 spiro atoms. The number of amidine groups is 1. The average Bonchev–Trinajstić information content (AvgIpc) is 3.74. The van der Waals surface area contributed by atoms with Gasteiger partial charge in [-0.1, -0.05) is 183 Å². The monoisotopic (exact) mass is 835 g/mol. The summed E-state index contributed by atoms with van der Waals surface area (Å²) in [6.45, 7) is 10.9. The van der Waals surface area contributed by atoms with Gasteiger partial charge in [-0.05, 0) is 148 Å². The second-order valence-corrected chi connectivity index (χ2v) is 16.8. The van der Waals surface area contributed by atoms with Crippen LogP contribution in [0.25, 0.3) is 50.2 Å². The van der Waals surface area contributed by atoms with Crippen LogP contribution >= 0.6 is 0 Å². The van der Waals surface area contributed by atoms with Gasteiger partial charge in [0.25, 0.3) is 0 Å². The van der Waals surface area contributed by atoms with Gasteiger partial charge in [0.1, 0.15) is 0 Å². The van der Waals surface area contributed by atoms with Crippen LogP contribution in [0.3, 0.4) is 0 Å². The number of hydrogen-bond acceptors (Lipinski definition) is 2. The molecule has 1 aliphatic carbocycles. The van der Waals surface area contributed by atoms with E-state index in [4.69, 9.17) is 9.98 Å². The standard InChI is InChI=1S/C62H49N3/c1-42-17-14-15-25-57(42)59-40-51(28-27-43(59)2)50-31-36-55(37-32-50)65(54-34-29-49(30-35-54)48-22-12-7-13-23-48)56-38-33-52-39-53-24-16-26-58(61(53)60(52)41-56)62(63-44(3)46-18-8-5-9-19-46)64-45(4)47-20-10-6-11-21-47/h5-38,40-41H,3,39H2,1-2,4H3/b63-62-,64-45+. The Morgan fingerprint density at radius 2 is 0.985 bits per heavy atom. The Balaban J connectivity index is 1.08. The Labute approximate surface area is 383 Å². The van der Waals surface area contributed by atoms with Crippen LogP contribution in [0.4, 0.5) is 17.1 Å². The Hall–Kier alpha value is -8.14. The Morgan fingerprint density at radius 3 is 1.66 bits per heavy atom. The highest BCUT2D eigenvalue weighted by Crippen LogP contribution is 2.45. The maximum atomic E-state index is 5.28. The molecule has 0 N–H and O–H groups in total. The van der Waals surface area contributed by atoms with Gasteiger partial charge >= 0.3 is 0 Å². The van der Waals surface area contributed by atoms with Gasteiger partial charge in [-0.3, -0.25) is 0 Å². The molecule has 1 aliphatic rings. The third kappa shape index (κ3) is 8.40. The van der Waals surface area contributed by atoms with E-state index in [1.165, 1.54) is 61.2 Å². The number of aryl methyl sites for hydroxylation is 2. The molecule has 65 heavy (non-hydrogen) atoms. The van der Waals surface area contributed by atoms with Crippen molar-refractivity contribution >= 4 is 34.3 Å². The maximum absolute atomic E-state index is 5.28. The van der Waals surface area contributed by atoms with Crippen molar-refractivity contribution in [2.24, 2.45) is 9.98 Å². The molecule has 0 bridgehead atoms. The number of hydrogen-bond donors (Lipinski definition) is 0. The van der Waals surface area contributed by atoms with Gasteiger partial charge in [0.05, 0.1) is 5.70 Å². The second-order valence-electron chi connectivity index (χ2n) is 16.8. The number of nitrogens with zero attached hydrogens (tertiary/aromatic N) is 3. The van der Waals surface area contributed by atoms with E-state index >= 15 is 0 Å². The van der Waals surface area contributed by atoms with E-state index in [-0.39, 0.29) is 0 Å². The predicted octanol–water partition coefficient (Wildman–Crippen LogP) is 16.3. The zero-order chi connectivity index (χ0) is 44.3. The van der Waals surface area contributed by atoms with Crippen LogP contribution in [0.2, 0.25) is 0 Å². The lowest BCUT2D eigenvalue weighted by Crippen LogP contribution is -2.10. The molecule has 0 fully saturated rings. The van der Waals surface area contributed by atoms with E-state index in [0.29, 0.717) is 11.5 Å². The quantitative estimate of drug-likeness (QED) is 0.0996. The summed E-state index contributed by atoms with van der Waals surface area (Å²) in [6.07, 6.45) is 0.828. The van der Waals surface area contributed by atoms with E-state index in [1.807, 2.05) is 48.5 Å². The zero-order valence-electron chi connectivity index (χ0n) is 37.0. The fraction of sp³-hybridized carbons (Fsp3) is 0.0645. The summed E-state index contributed by atoms with van der Waals surface area (Å²) in [5.41, 5.74) is 22.5. The van der Waals surface area contributed by atoms with Gasteiger partial charge in [0.2, 0.25) is 0 Å². The lowest BCUT2D eigenvalue weighted by atomic mass is 9.93. The van der Waals surface area contributed by atoms with E-state index in [2.05, 4.69) is 202 Å². The molecule has 0 saturated carbocycles. The molecule has 0 saturated heterocycles. The number of benzene rings is 9. The number of rotatable bonds is 10. The van der Waals surface area contributed by atoms with E-state index in [0.717, 1.165) is 51.4 Å². The molecule has 9 aromatic rings. The molecule has 312 valence electrons. The molecule has 0 heterocycles. The van der Waals surface area contributed by atoms with Crippen LogP contribution in [0.1, 0.15) is 45.9 Å². The van der Waals surface area contributed by atoms with Crippen LogP contribution in [0.5, 0.6) is 0 Å². The first-order chi connectivity index (χ1) is 31.9. The molecule has 0 radical (unpaired) electrons. The molecule has 10 rings (SSSR count). The van der Waals surface area contributed by atoms with Crippen molar-refractivity contribution in [2.45, 2.75) is 27.2 Å². The average molecular weight is 836 g/mol. The predicted molar refractivity (Wildman–Crippen MR) is 276 cm³/mol. The molecule has 0 aliphatic heterocycles. The van der Waals surface area contributed by atoms with Crippen LogP contribution in [-0.2, 0) is 6.42 Å². The fourth-order valence-electron chi connectivity index (χ4n) is 9.07. The Morgan fingerprint density at radius 1 is 0.431 bits per heavy atom. The highest BCUT2D eigenvalue weighted by atomic mass is 15.1. The van der Waals surface area contributed by atoms with Gasteiger partial charge in [-0.2, -0.15) is 0 Å². The molecule has 3 nitrogen and oxygen atoms in total. The highest BCUT2D eigenvalue weighted by Gasteiger charge is 2.26. The smallest absolute Gasteiger partial charge is 0.160 e. The minimum atomic E-state index is 0.640. The summed E-state index contributed by atoms with van der Waals surface area (Å²) in [7, 11) is 0. The first-order valence-corrected chi connectivity index (χ1v) is 22.3. The third-order valence-electron chi connectivity index (χ3n) is 12.6. The maximum Gasteiger partial charge on any atom is 0.160 e. The van der Waals surface area contributed by atoms with Gasteiger partial charge in [-0.25, -0.2) is 9.98 Å². The lowest BCUT2D eigenvalue weighted by Gasteiger charge is -2.27. The van der Waals surface area contributed by atoms with Crippen molar-refractivity contribution < 1.29 is 0 Å². The topological polar surface area (TPSA) is 28.0 Å². The van der Waals surface area contributed by atoms with E-state index in [9.17, 15) is 0 Å². The Bertz CT molecular complexity index is 3240. The molecule has 0 atom stereocenters. The normalized spacial score (nSPS) is 12.1. The van der Waals surface area contributed by atoms with Crippen molar-refractivity contribution in [1.82, 2.24) is 0 Å². The molecule has 9 aromatic carbocycles. The van der Waals surface area contributed by atoms with Gasteiger partial charge < -0.3 is 4.90 Å². The second kappa shape index (κ2) is 17.9. The first kappa shape index (κ1) is 40.9. The summed E-state index contributed by atoms with van der Waals surface area (Å²) >= 11 is 0. The summed E-state index contributed by atoms with van der Waals surface area (Å²) in [5, 5.41) is 0. The van der Waals surface area contributed by atoms with E-state index < -0.39 is 0 Å². The largest absolute Gasteiger partial charge is 0.310 e. The molecular formula is C62H49N3. The van der Waals surface area contributed by atoms with E-state index in [1.54, 1.807) is 0 Å². The van der Waals surface area contributed by atoms with Crippen LogP contribution in [0, 0.1) is 13.8 Å². The van der Waals surface area contributed by atoms with Crippen molar-refractivity contribution in [3.05, 3.63) is 264 Å². The highest BCUT2D eigenvalue weighted by molar-refractivity contribution is 6.16. The van der Waals surface area contributed by atoms with Crippen molar-refractivity contribution in [3.63, 3.8) is 0 Å². The lowest BCUT2D eigenvalue weighted by molar-refractivity contribution is 1.24. The summed E-state index contributed by atoms with van der Waals surface area (Å²) in [4.78, 5) is 12.9. The van der Waals surface area contributed by atoms with Crippen molar-refractivity contribution in [3.8, 4) is 44.5 Å². The SMILES string of the molecule is C=C(/N=C(\N=C(/C)c1ccccc1)c1cccc2c1-c1cc(N(c3ccc(-c4ccccc4)cc3)c3ccc(-c4ccc(C)c(-c5ccccc5C)c4)cc3)ccc1C2)c1ccccc1. The molecule has 0 aromatic heterocycles. The van der Waals surface area contributed by atoms with Gasteiger partial charge in [-0.15, -0.1) is 0 Å². The number of aliphatic imine (C=N–C) groups is 2. The van der Waals surface area contributed by atoms with Gasteiger partial charge in [0.15, 0.2) is 5.84 Å². The molecule has 0 unspecified atom stereocenters. The zero-order valence-corrected chi connectivity index (χ0v) is 37.0. The molecular weight excluding hydrogens is 787 g/mol. The minimum Gasteiger partial charge on any atom is -0.310 e. The molecule has 3 heteroatoms. The summed E-state index contributed by atoms with van der Waals surface area (Å²) < 4.78 is 0. The van der Waals surface area contributed by atoms with Crippen LogP contribution < -0.4 is 4.90 Å². The van der Waals surface area contributed by atoms with Crippen molar-refractivity contribution in [2.75, 3.05) is 4.90 Å². The summed E-state index contributed by atoms with van der Waals surface area (Å²) in [5.74, 6) is 0.640. The number of fused-ring (bicyclic) bond motifs is 3. The fourth-order valence-corrected chi connectivity index (χ4v) is 9.07. The third-order valence-corrected chi connectivity index (χ3v) is 12.6. The first-order valence-electron chi connectivity index (χ1n) is 22.3.